The van der Waals surface area contributed by atoms with Crippen molar-refractivity contribution >= 4 is 16.7 Å². The fraction of sp³-hybridized carbons (Fsp3) is 0.875. The molecule has 0 rings (SSSR count). The molecule has 2 atom stereocenters. The van der Waals surface area contributed by atoms with E-state index in [1.807, 2.05) is 6.92 Å². The molecular formula is C8H18N2O2S. The van der Waals surface area contributed by atoms with Gasteiger partial charge in [-0.2, -0.15) is 0 Å². The largest absolute Gasteiger partial charge is 0.355 e. The van der Waals surface area contributed by atoms with E-state index in [2.05, 4.69) is 5.32 Å². The molecule has 0 radical (unpaired) electrons. The quantitative estimate of drug-likeness (QED) is 0.621. The van der Waals surface area contributed by atoms with Gasteiger partial charge in [-0.05, 0) is 19.9 Å². The van der Waals surface area contributed by atoms with Crippen molar-refractivity contribution in [1.82, 2.24) is 5.32 Å². The van der Waals surface area contributed by atoms with Gasteiger partial charge in [0, 0.05) is 35.3 Å². The Bertz CT molecular complexity index is 185. The molecule has 13 heavy (non-hydrogen) atoms. The molecule has 5 heteroatoms. The minimum atomic E-state index is -0.872. The van der Waals surface area contributed by atoms with Gasteiger partial charge in [-0.3, -0.25) is 9.00 Å². The zero-order valence-electron chi connectivity index (χ0n) is 8.21. The summed E-state index contributed by atoms with van der Waals surface area (Å²) in [6.07, 6.45) is 2.80. The van der Waals surface area contributed by atoms with Crippen molar-refractivity contribution in [2.75, 3.05) is 19.3 Å². The Kier molecular flexibility index (Phi) is 6.80. The molecule has 0 aliphatic heterocycles. The van der Waals surface area contributed by atoms with E-state index >= 15 is 0 Å². The number of nitrogens with one attached hydrogen (secondary N) is 1. The van der Waals surface area contributed by atoms with Crippen LogP contribution in [0.25, 0.3) is 0 Å². The van der Waals surface area contributed by atoms with Crippen molar-refractivity contribution in [3.05, 3.63) is 0 Å². The van der Waals surface area contributed by atoms with E-state index in [1.54, 1.807) is 6.26 Å². The zero-order chi connectivity index (χ0) is 10.3. The van der Waals surface area contributed by atoms with Crippen LogP contribution < -0.4 is 11.1 Å². The number of hydrogen-bond acceptors (Lipinski definition) is 3. The van der Waals surface area contributed by atoms with Crippen molar-refractivity contribution in [3.8, 4) is 0 Å². The lowest BCUT2D eigenvalue weighted by Gasteiger charge is -2.09. The molecule has 0 aliphatic rings. The first kappa shape index (κ1) is 12.6. The standard InChI is InChI=1S/C8H18N2O2S/c1-7(13(2)12)6-10-8(11)4-3-5-9/h7H,3-6,9H2,1-2H3,(H,10,11). The van der Waals surface area contributed by atoms with Gasteiger partial charge < -0.3 is 11.1 Å². The maximum atomic E-state index is 11.1. The molecule has 0 spiro atoms. The van der Waals surface area contributed by atoms with E-state index in [9.17, 15) is 9.00 Å². The van der Waals surface area contributed by atoms with E-state index in [4.69, 9.17) is 5.73 Å². The summed E-state index contributed by atoms with van der Waals surface area (Å²) in [7, 11) is -0.872. The van der Waals surface area contributed by atoms with E-state index in [-0.39, 0.29) is 11.2 Å². The first-order valence-corrected chi connectivity index (χ1v) is 5.99. The van der Waals surface area contributed by atoms with Crippen LogP contribution in [0.3, 0.4) is 0 Å². The monoisotopic (exact) mass is 206 g/mol. The third-order valence-corrected chi connectivity index (χ3v) is 3.06. The van der Waals surface area contributed by atoms with E-state index in [0.717, 1.165) is 0 Å². The number of carbonyl (C=O) groups excluding carboxylic acids is 1. The minimum Gasteiger partial charge on any atom is -0.355 e. The van der Waals surface area contributed by atoms with Crippen molar-refractivity contribution < 1.29 is 9.00 Å². The topological polar surface area (TPSA) is 72.2 Å². The van der Waals surface area contributed by atoms with Gasteiger partial charge in [0.15, 0.2) is 0 Å². The van der Waals surface area contributed by atoms with Gasteiger partial charge in [0.2, 0.25) is 5.91 Å². The van der Waals surface area contributed by atoms with E-state index in [1.165, 1.54) is 0 Å². The summed E-state index contributed by atoms with van der Waals surface area (Å²) >= 11 is 0. The highest BCUT2D eigenvalue weighted by atomic mass is 32.2. The molecule has 0 aromatic rings. The van der Waals surface area contributed by atoms with Crippen LogP contribution in [-0.2, 0) is 15.6 Å². The fourth-order valence-corrected chi connectivity index (χ4v) is 1.04. The normalized spacial score (nSPS) is 15.0. The Labute approximate surface area is 81.7 Å². The van der Waals surface area contributed by atoms with Crippen molar-refractivity contribution in [1.29, 1.82) is 0 Å². The number of amides is 1. The van der Waals surface area contributed by atoms with Crippen LogP contribution in [0.2, 0.25) is 0 Å². The Morgan fingerprint density at radius 2 is 2.23 bits per heavy atom. The Hall–Kier alpha value is -0.420. The highest BCUT2D eigenvalue weighted by Crippen LogP contribution is 1.91. The molecule has 78 valence electrons. The highest BCUT2D eigenvalue weighted by Gasteiger charge is 2.07. The molecular weight excluding hydrogens is 188 g/mol. The number of rotatable bonds is 6. The van der Waals surface area contributed by atoms with Gasteiger partial charge in [-0.1, -0.05) is 0 Å². The molecule has 2 unspecified atom stereocenters. The predicted molar refractivity (Wildman–Crippen MR) is 54.8 cm³/mol. The van der Waals surface area contributed by atoms with Crippen LogP contribution in [0.4, 0.5) is 0 Å². The zero-order valence-corrected chi connectivity index (χ0v) is 9.02. The second-order valence-corrected chi connectivity index (χ2v) is 4.81. The van der Waals surface area contributed by atoms with Gasteiger partial charge >= 0.3 is 0 Å². The van der Waals surface area contributed by atoms with Gasteiger partial charge in [0.1, 0.15) is 0 Å². The van der Waals surface area contributed by atoms with Crippen LogP contribution in [-0.4, -0.2) is 34.7 Å². The van der Waals surface area contributed by atoms with Crippen LogP contribution >= 0.6 is 0 Å². The summed E-state index contributed by atoms with van der Waals surface area (Å²) in [6, 6.07) is 0. The molecule has 1 amide bonds. The van der Waals surface area contributed by atoms with Crippen LogP contribution in [0.15, 0.2) is 0 Å². The van der Waals surface area contributed by atoms with Crippen molar-refractivity contribution in [3.63, 3.8) is 0 Å². The first-order valence-electron chi connectivity index (χ1n) is 4.37. The maximum Gasteiger partial charge on any atom is 0.220 e. The minimum absolute atomic E-state index is 0.0113. The van der Waals surface area contributed by atoms with E-state index < -0.39 is 10.8 Å². The maximum absolute atomic E-state index is 11.1. The molecule has 4 nitrogen and oxygen atoms in total. The molecule has 0 fully saturated rings. The average molecular weight is 206 g/mol. The van der Waals surface area contributed by atoms with Crippen LogP contribution in [0.1, 0.15) is 19.8 Å². The summed E-state index contributed by atoms with van der Waals surface area (Å²) in [5.41, 5.74) is 5.25. The lowest BCUT2D eigenvalue weighted by Crippen LogP contribution is -2.32. The molecule has 0 heterocycles. The lowest BCUT2D eigenvalue weighted by molar-refractivity contribution is -0.121. The summed E-state index contributed by atoms with van der Waals surface area (Å²) in [4.78, 5) is 11.1. The average Bonchev–Trinajstić information content (AvgIpc) is 2.10. The van der Waals surface area contributed by atoms with Gasteiger partial charge in [-0.25, -0.2) is 0 Å². The third kappa shape index (κ3) is 6.72. The third-order valence-electron chi connectivity index (χ3n) is 1.76. The molecule has 0 saturated heterocycles. The molecule has 0 aromatic carbocycles. The molecule has 0 aromatic heterocycles. The first-order chi connectivity index (χ1) is 6.07. The molecule has 3 N–H and O–H groups in total. The fourth-order valence-electron chi connectivity index (χ4n) is 0.726. The molecule has 0 bridgehead atoms. The Morgan fingerprint density at radius 1 is 1.62 bits per heavy atom. The Balaban J connectivity index is 3.52. The second kappa shape index (κ2) is 7.03. The smallest absolute Gasteiger partial charge is 0.220 e. The van der Waals surface area contributed by atoms with E-state index in [0.29, 0.717) is 25.9 Å². The summed E-state index contributed by atoms with van der Waals surface area (Å²) in [5.74, 6) is -0.0113. The van der Waals surface area contributed by atoms with Crippen LogP contribution in [0.5, 0.6) is 0 Å². The van der Waals surface area contributed by atoms with Crippen molar-refractivity contribution in [2.45, 2.75) is 25.0 Å². The summed E-state index contributed by atoms with van der Waals surface area (Å²) in [5, 5.41) is 2.73. The van der Waals surface area contributed by atoms with Crippen LogP contribution in [0, 0.1) is 0 Å². The summed E-state index contributed by atoms with van der Waals surface area (Å²) < 4.78 is 10.9. The second-order valence-electron chi connectivity index (χ2n) is 3.01. The molecule has 0 saturated carbocycles. The molecule has 0 aliphatic carbocycles. The van der Waals surface area contributed by atoms with Gasteiger partial charge in [0.05, 0.1) is 0 Å². The highest BCUT2D eigenvalue weighted by molar-refractivity contribution is 7.84. The SMILES string of the molecule is CC(CNC(=O)CCCN)S(C)=O. The number of nitrogens with two attached hydrogens (primary N) is 1. The van der Waals surface area contributed by atoms with Gasteiger partial charge in [-0.15, -0.1) is 0 Å². The predicted octanol–water partition coefficient (Wildman–Crippen LogP) is -0.391. The Morgan fingerprint density at radius 3 is 2.69 bits per heavy atom. The summed E-state index contributed by atoms with van der Waals surface area (Å²) in [6.45, 7) is 2.86. The van der Waals surface area contributed by atoms with Gasteiger partial charge in [0.25, 0.3) is 0 Å². The number of carbonyl (C=O) groups is 1. The van der Waals surface area contributed by atoms with Crippen molar-refractivity contribution in [2.24, 2.45) is 5.73 Å². The number of hydrogen-bond donors (Lipinski definition) is 2. The lowest BCUT2D eigenvalue weighted by atomic mass is 10.3.